The van der Waals surface area contributed by atoms with Gasteiger partial charge in [-0.05, 0) is 12.1 Å². The molecule has 7 nitrogen and oxygen atoms in total. The normalized spacial score (nSPS) is 17.6. The minimum atomic E-state index is -0.866. The van der Waals surface area contributed by atoms with Gasteiger partial charge in [-0.25, -0.2) is 10.8 Å². The predicted octanol–water partition coefficient (Wildman–Crippen LogP) is -0.0193. The van der Waals surface area contributed by atoms with Crippen LogP contribution in [-0.2, 0) is 4.74 Å². The molecule has 0 spiro atoms. The van der Waals surface area contributed by atoms with Gasteiger partial charge in [0.25, 0.3) is 5.91 Å². The molecular weight excluding hydrogens is 260 g/mol. The first kappa shape index (κ1) is 14.7. The van der Waals surface area contributed by atoms with Crippen LogP contribution in [0.2, 0.25) is 0 Å². The second-order valence-electron chi connectivity index (χ2n) is 5.07. The number of amides is 1. The SMILES string of the molecule is CN(CC1(O)CCOCC1)C(=O)c1ccc(NN)nc1. The Morgan fingerprint density at radius 2 is 2.25 bits per heavy atom. The number of nitrogens with one attached hydrogen (secondary N) is 1. The smallest absolute Gasteiger partial charge is 0.255 e. The minimum absolute atomic E-state index is 0.180. The van der Waals surface area contributed by atoms with Crippen LogP contribution in [0.3, 0.4) is 0 Å². The lowest BCUT2D eigenvalue weighted by molar-refractivity contribution is -0.0734. The van der Waals surface area contributed by atoms with Crippen LogP contribution in [0, 0.1) is 0 Å². The van der Waals surface area contributed by atoms with Gasteiger partial charge < -0.3 is 20.2 Å². The number of anilines is 1. The maximum atomic E-state index is 12.3. The lowest BCUT2D eigenvalue weighted by Gasteiger charge is -2.35. The summed E-state index contributed by atoms with van der Waals surface area (Å²) in [5.41, 5.74) is 2.00. The van der Waals surface area contributed by atoms with Gasteiger partial charge in [-0.3, -0.25) is 4.79 Å². The molecule has 0 atom stereocenters. The van der Waals surface area contributed by atoms with E-state index in [1.807, 2.05) is 0 Å². The number of hydrazine groups is 1. The van der Waals surface area contributed by atoms with Gasteiger partial charge in [-0.2, -0.15) is 0 Å². The fraction of sp³-hybridized carbons (Fsp3) is 0.538. The quantitative estimate of drug-likeness (QED) is 0.529. The third-order valence-corrected chi connectivity index (χ3v) is 3.46. The molecule has 2 heterocycles. The van der Waals surface area contributed by atoms with Crippen molar-refractivity contribution >= 4 is 11.7 Å². The number of nitrogens with zero attached hydrogens (tertiary/aromatic N) is 2. The van der Waals surface area contributed by atoms with Crippen molar-refractivity contribution in [3.63, 3.8) is 0 Å². The van der Waals surface area contributed by atoms with Crippen LogP contribution in [0.25, 0.3) is 0 Å². The number of aromatic nitrogens is 1. The monoisotopic (exact) mass is 280 g/mol. The van der Waals surface area contributed by atoms with Gasteiger partial charge >= 0.3 is 0 Å². The Kier molecular flexibility index (Phi) is 4.53. The summed E-state index contributed by atoms with van der Waals surface area (Å²) in [5, 5.41) is 10.4. The zero-order valence-electron chi connectivity index (χ0n) is 11.5. The standard InChI is InChI=1S/C13H20N4O3/c1-17(9-13(19)4-6-20-7-5-13)12(18)10-2-3-11(16-14)15-8-10/h2-3,8,19H,4-7,9,14H2,1H3,(H,15,16). The zero-order chi connectivity index (χ0) is 14.6. The molecule has 2 rings (SSSR count). The number of nitrogens with two attached hydrogens (primary N) is 1. The first-order valence-corrected chi connectivity index (χ1v) is 6.52. The Balaban J connectivity index is 2.00. The van der Waals surface area contributed by atoms with Gasteiger partial charge in [0.05, 0.1) is 11.2 Å². The molecule has 1 aromatic rings. The fourth-order valence-corrected chi connectivity index (χ4v) is 2.25. The molecule has 1 amide bonds. The zero-order valence-corrected chi connectivity index (χ0v) is 11.5. The maximum Gasteiger partial charge on any atom is 0.255 e. The maximum absolute atomic E-state index is 12.3. The number of rotatable bonds is 4. The van der Waals surface area contributed by atoms with Crippen molar-refractivity contribution in [2.24, 2.45) is 5.84 Å². The second kappa shape index (κ2) is 6.17. The molecule has 4 N–H and O–H groups in total. The Bertz CT molecular complexity index is 457. The molecule has 1 fully saturated rings. The highest BCUT2D eigenvalue weighted by Gasteiger charge is 2.32. The van der Waals surface area contributed by atoms with Crippen LogP contribution < -0.4 is 11.3 Å². The van der Waals surface area contributed by atoms with Crippen molar-refractivity contribution in [2.45, 2.75) is 18.4 Å². The molecule has 0 aliphatic carbocycles. The molecule has 1 saturated heterocycles. The Labute approximate surface area is 117 Å². The number of ether oxygens (including phenoxy) is 1. The molecule has 110 valence electrons. The van der Waals surface area contributed by atoms with Crippen LogP contribution in [0.4, 0.5) is 5.82 Å². The lowest BCUT2D eigenvalue weighted by Crippen LogP contribution is -2.47. The molecule has 0 radical (unpaired) electrons. The highest BCUT2D eigenvalue weighted by molar-refractivity contribution is 5.93. The molecule has 0 aromatic carbocycles. The lowest BCUT2D eigenvalue weighted by atomic mass is 9.94. The van der Waals surface area contributed by atoms with Crippen molar-refractivity contribution in [1.29, 1.82) is 0 Å². The number of nitrogen functional groups attached to an aromatic ring is 1. The van der Waals surface area contributed by atoms with E-state index in [0.717, 1.165) is 0 Å². The van der Waals surface area contributed by atoms with Crippen molar-refractivity contribution in [3.05, 3.63) is 23.9 Å². The van der Waals surface area contributed by atoms with Gasteiger partial charge in [0, 0.05) is 45.8 Å². The average Bonchev–Trinajstić information content (AvgIpc) is 2.47. The highest BCUT2D eigenvalue weighted by atomic mass is 16.5. The van der Waals surface area contributed by atoms with Crippen molar-refractivity contribution < 1.29 is 14.6 Å². The van der Waals surface area contributed by atoms with Crippen LogP contribution in [0.5, 0.6) is 0 Å². The molecule has 1 aromatic heterocycles. The number of carbonyl (C=O) groups excluding carboxylic acids is 1. The number of carbonyl (C=O) groups is 1. The van der Waals surface area contributed by atoms with Crippen LogP contribution in [-0.4, -0.2) is 53.3 Å². The fourth-order valence-electron chi connectivity index (χ4n) is 2.25. The highest BCUT2D eigenvalue weighted by Crippen LogP contribution is 2.22. The summed E-state index contributed by atoms with van der Waals surface area (Å²) in [6, 6.07) is 3.28. The van der Waals surface area contributed by atoms with Crippen LogP contribution in [0.1, 0.15) is 23.2 Å². The van der Waals surface area contributed by atoms with E-state index in [-0.39, 0.29) is 12.5 Å². The third-order valence-electron chi connectivity index (χ3n) is 3.46. The number of likely N-dealkylation sites (N-methyl/N-ethyl adjacent to an activating group) is 1. The molecular formula is C13H20N4O3. The number of aliphatic hydroxyl groups is 1. The molecule has 20 heavy (non-hydrogen) atoms. The largest absolute Gasteiger partial charge is 0.388 e. The van der Waals surface area contributed by atoms with Crippen molar-refractivity contribution in [2.75, 3.05) is 32.2 Å². The Morgan fingerprint density at radius 3 is 2.80 bits per heavy atom. The third kappa shape index (κ3) is 3.44. The van der Waals surface area contributed by atoms with E-state index in [2.05, 4.69) is 10.4 Å². The Hall–Kier alpha value is -1.70. The first-order valence-electron chi connectivity index (χ1n) is 6.52. The molecule has 1 aliphatic heterocycles. The van der Waals surface area contributed by atoms with E-state index in [9.17, 15) is 9.90 Å². The van der Waals surface area contributed by atoms with Crippen molar-refractivity contribution in [1.82, 2.24) is 9.88 Å². The van der Waals surface area contributed by atoms with Crippen LogP contribution >= 0.6 is 0 Å². The molecule has 0 unspecified atom stereocenters. The first-order chi connectivity index (χ1) is 9.54. The molecule has 1 aliphatic rings. The van der Waals surface area contributed by atoms with E-state index < -0.39 is 5.60 Å². The predicted molar refractivity (Wildman–Crippen MR) is 74.0 cm³/mol. The summed E-state index contributed by atoms with van der Waals surface area (Å²) in [7, 11) is 1.67. The number of hydrogen-bond acceptors (Lipinski definition) is 6. The van der Waals surface area contributed by atoms with E-state index >= 15 is 0 Å². The molecule has 0 saturated carbocycles. The summed E-state index contributed by atoms with van der Waals surface area (Å²) in [6.45, 7) is 1.33. The van der Waals surface area contributed by atoms with E-state index in [1.54, 1.807) is 19.2 Å². The topological polar surface area (TPSA) is 101 Å². The van der Waals surface area contributed by atoms with E-state index in [4.69, 9.17) is 10.6 Å². The van der Waals surface area contributed by atoms with Gasteiger partial charge in [-0.1, -0.05) is 0 Å². The molecule has 0 bridgehead atoms. The van der Waals surface area contributed by atoms with Gasteiger partial charge in [0.2, 0.25) is 0 Å². The van der Waals surface area contributed by atoms with E-state index in [1.165, 1.54) is 11.1 Å². The van der Waals surface area contributed by atoms with Crippen LogP contribution in [0.15, 0.2) is 18.3 Å². The summed E-state index contributed by atoms with van der Waals surface area (Å²) in [5.74, 6) is 5.54. The van der Waals surface area contributed by atoms with Gasteiger partial charge in [0.1, 0.15) is 5.82 Å². The summed E-state index contributed by atoms with van der Waals surface area (Å²) in [6.07, 6.45) is 2.54. The van der Waals surface area contributed by atoms with Crippen molar-refractivity contribution in [3.8, 4) is 0 Å². The minimum Gasteiger partial charge on any atom is -0.388 e. The number of pyridine rings is 1. The number of hydrogen-bond donors (Lipinski definition) is 3. The van der Waals surface area contributed by atoms with Gasteiger partial charge in [-0.15, -0.1) is 0 Å². The Morgan fingerprint density at radius 1 is 1.55 bits per heavy atom. The van der Waals surface area contributed by atoms with Gasteiger partial charge in [0.15, 0.2) is 0 Å². The summed E-state index contributed by atoms with van der Waals surface area (Å²) >= 11 is 0. The average molecular weight is 280 g/mol. The van der Waals surface area contributed by atoms with E-state index in [0.29, 0.717) is 37.4 Å². The second-order valence-corrected chi connectivity index (χ2v) is 5.07. The summed E-state index contributed by atoms with van der Waals surface area (Å²) in [4.78, 5) is 17.8. The molecule has 7 heteroatoms. The summed E-state index contributed by atoms with van der Waals surface area (Å²) < 4.78 is 5.22.